The Morgan fingerprint density at radius 3 is 1.22 bits per heavy atom. The van der Waals surface area contributed by atoms with E-state index in [0.29, 0.717) is 6.42 Å². The van der Waals surface area contributed by atoms with Gasteiger partial charge in [-0.1, -0.05) is 25.8 Å². The Morgan fingerprint density at radius 1 is 0.739 bits per heavy atom. The molecule has 0 unspecified atom stereocenters. The van der Waals surface area contributed by atoms with E-state index in [-0.39, 0.29) is 39.6 Å². The zero-order chi connectivity index (χ0) is 18.8. The quantitative estimate of drug-likeness (QED) is 0.215. The summed E-state index contributed by atoms with van der Waals surface area (Å²) >= 11 is 0. The monoisotopic (exact) mass is 342 g/mol. The maximum absolute atomic E-state index is 8.17. The third kappa shape index (κ3) is 61.9. The number of unbranched alkanes of at least 4 members (excludes halogenated alkanes) is 3. The summed E-state index contributed by atoms with van der Waals surface area (Å²) in [4.78, 5) is 0. The molecule has 0 fully saturated rings. The molecule has 0 aliphatic heterocycles. The van der Waals surface area contributed by atoms with Gasteiger partial charge in [-0.3, -0.25) is 0 Å². The van der Waals surface area contributed by atoms with Crippen LogP contribution in [0.5, 0.6) is 0 Å². The molecule has 23 heavy (non-hydrogen) atoms. The van der Waals surface area contributed by atoms with E-state index in [1.54, 1.807) is 0 Å². The highest BCUT2D eigenvalue weighted by Crippen LogP contribution is 1.91. The van der Waals surface area contributed by atoms with Crippen LogP contribution in [-0.2, 0) is 0 Å². The lowest BCUT2D eigenvalue weighted by Gasteiger charge is -1.96. The maximum atomic E-state index is 8.17. The fraction of sp³-hybridized carbons (Fsp3) is 0.875. The Labute approximate surface area is 140 Å². The molecule has 7 nitrogen and oxygen atoms in total. The van der Waals surface area contributed by atoms with Crippen LogP contribution in [0.25, 0.3) is 0 Å². The molecule has 0 heterocycles. The molecule has 144 valence electrons. The van der Waals surface area contributed by atoms with Crippen LogP contribution in [0.3, 0.4) is 0 Å². The Morgan fingerprint density at radius 2 is 1.13 bits per heavy atom. The highest BCUT2D eigenvalue weighted by atomic mass is 16.3. The molecule has 0 aromatic carbocycles. The fourth-order valence-electron chi connectivity index (χ4n) is 0.701. The molecule has 0 spiro atoms. The van der Waals surface area contributed by atoms with Crippen molar-refractivity contribution in [2.75, 3.05) is 39.6 Å². The number of aliphatic hydroxyl groups excluding tert-OH is 7. The highest BCUT2D eigenvalue weighted by Gasteiger charge is 1.93. The second-order valence-corrected chi connectivity index (χ2v) is 4.40. The van der Waals surface area contributed by atoms with Gasteiger partial charge in [0.05, 0.1) is 13.2 Å². The standard InChI is InChI=1S/C6H12.C4H10O2.C3H8O3.C3H8O2/c1-3-5-6-4-2;5-3-1-2-4-6;4-1-3(6)2-5;4-2-1-3-5/h3H,1,4-6H2,2H3;5-6H,1-4H2;3-6H,1-2H2;4-5H,1-3H2. The Balaban J connectivity index is -0.000000105. The van der Waals surface area contributed by atoms with Gasteiger partial charge in [-0.15, -0.1) is 6.58 Å². The lowest BCUT2D eigenvalue weighted by atomic mass is 10.3. The number of aliphatic hydroxyl groups is 7. The van der Waals surface area contributed by atoms with Crippen LogP contribution in [0.15, 0.2) is 12.7 Å². The molecular weight excluding hydrogens is 304 g/mol. The summed E-state index contributed by atoms with van der Waals surface area (Å²) in [6.07, 6.45) is 6.70. The van der Waals surface area contributed by atoms with Gasteiger partial charge >= 0.3 is 0 Å². The van der Waals surface area contributed by atoms with Crippen LogP contribution in [0.4, 0.5) is 0 Å². The Hall–Kier alpha value is -0.540. The minimum absolute atomic E-state index is 0.0938. The van der Waals surface area contributed by atoms with E-state index in [1.165, 1.54) is 19.3 Å². The molecule has 0 saturated heterocycles. The van der Waals surface area contributed by atoms with E-state index in [4.69, 9.17) is 35.7 Å². The molecule has 0 amide bonds. The minimum atomic E-state index is -0.954. The van der Waals surface area contributed by atoms with E-state index in [9.17, 15) is 0 Å². The number of allylic oxidation sites excluding steroid dienone is 1. The molecule has 7 heteroatoms. The molecule has 0 aromatic heterocycles. The second-order valence-electron chi connectivity index (χ2n) is 4.40. The molecule has 0 radical (unpaired) electrons. The summed E-state index contributed by atoms with van der Waals surface area (Å²) in [5, 5.41) is 56.0. The van der Waals surface area contributed by atoms with Gasteiger partial charge in [0.25, 0.3) is 0 Å². The largest absolute Gasteiger partial charge is 0.396 e. The van der Waals surface area contributed by atoms with E-state index in [1.807, 2.05) is 6.08 Å². The lowest BCUT2D eigenvalue weighted by molar-refractivity contribution is 0.0450. The summed E-state index contributed by atoms with van der Waals surface area (Å²) in [6.45, 7) is 5.63. The van der Waals surface area contributed by atoms with Crippen molar-refractivity contribution in [1.82, 2.24) is 0 Å². The summed E-state index contributed by atoms with van der Waals surface area (Å²) < 4.78 is 0. The normalized spacial score (nSPS) is 8.91. The Kier molecular flexibility index (Phi) is 49.6. The smallest absolute Gasteiger partial charge is 0.100 e. The van der Waals surface area contributed by atoms with Gasteiger partial charge in [0.2, 0.25) is 0 Å². The van der Waals surface area contributed by atoms with Crippen molar-refractivity contribution in [3.63, 3.8) is 0 Å². The van der Waals surface area contributed by atoms with Crippen molar-refractivity contribution in [2.45, 2.75) is 51.6 Å². The minimum Gasteiger partial charge on any atom is -0.396 e. The van der Waals surface area contributed by atoms with Gasteiger partial charge in [-0.05, 0) is 25.7 Å². The first-order valence-electron chi connectivity index (χ1n) is 8.00. The third-order valence-electron chi connectivity index (χ3n) is 2.07. The maximum Gasteiger partial charge on any atom is 0.100 e. The molecule has 0 saturated carbocycles. The van der Waals surface area contributed by atoms with Gasteiger partial charge < -0.3 is 35.7 Å². The van der Waals surface area contributed by atoms with Crippen LogP contribution in [0.1, 0.15) is 45.4 Å². The predicted molar refractivity (Wildman–Crippen MR) is 92.1 cm³/mol. The van der Waals surface area contributed by atoms with E-state index in [0.717, 1.165) is 12.8 Å². The van der Waals surface area contributed by atoms with Crippen LogP contribution >= 0.6 is 0 Å². The van der Waals surface area contributed by atoms with E-state index < -0.39 is 6.10 Å². The molecule has 0 bridgehead atoms. The first-order chi connectivity index (χ1) is 11.1. The topological polar surface area (TPSA) is 142 Å². The van der Waals surface area contributed by atoms with Crippen molar-refractivity contribution in [3.8, 4) is 0 Å². The molecule has 0 atom stereocenters. The predicted octanol–water partition coefficient (Wildman–Crippen LogP) is -0.193. The van der Waals surface area contributed by atoms with Gasteiger partial charge in [0.1, 0.15) is 6.10 Å². The van der Waals surface area contributed by atoms with Gasteiger partial charge in [0, 0.05) is 26.4 Å². The molecule has 7 N–H and O–H groups in total. The number of hydrogen-bond acceptors (Lipinski definition) is 7. The van der Waals surface area contributed by atoms with Crippen molar-refractivity contribution in [2.24, 2.45) is 0 Å². The molecule has 0 aliphatic rings. The van der Waals surface area contributed by atoms with Gasteiger partial charge in [0.15, 0.2) is 0 Å². The molecule has 0 rings (SSSR count). The summed E-state index contributed by atoms with van der Waals surface area (Å²) in [6, 6.07) is 0. The van der Waals surface area contributed by atoms with E-state index >= 15 is 0 Å². The molecular formula is C16H38O7. The third-order valence-corrected chi connectivity index (χ3v) is 2.07. The first-order valence-corrected chi connectivity index (χ1v) is 8.00. The number of rotatable bonds is 10. The van der Waals surface area contributed by atoms with Gasteiger partial charge in [-0.2, -0.15) is 0 Å². The first kappa shape index (κ1) is 30.4. The molecule has 0 aromatic rings. The molecule has 0 aliphatic carbocycles. The fourth-order valence-corrected chi connectivity index (χ4v) is 0.701. The second kappa shape index (κ2) is 37.6. The van der Waals surface area contributed by atoms with Crippen molar-refractivity contribution >= 4 is 0 Å². The van der Waals surface area contributed by atoms with E-state index in [2.05, 4.69) is 13.5 Å². The van der Waals surface area contributed by atoms with Crippen LogP contribution in [-0.4, -0.2) is 81.5 Å². The van der Waals surface area contributed by atoms with Crippen molar-refractivity contribution < 1.29 is 35.7 Å². The summed E-state index contributed by atoms with van der Waals surface area (Å²) in [7, 11) is 0. The van der Waals surface area contributed by atoms with Crippen molar-refractivity contribution in [3.05, 3.63) is 12.7 Å². The zero-order valence-corrected chi connectivity index (χ0v) is 14.5. The average molecular weight is 342 g/mol. The average Bonchev–Trinajstić information content (AvgIpc) is 2.59. The Bertz CT molecular complexity index is 159. The summed E-state index contributed by atoms with van der Waals surface area (Å²) in [5.74, 6) is 0. The van der Waals surface area contributed by atoms with Crippen LogP contribution in [0, 0.1) is 0 Å². The van der Waals surface area contributed by atoms with Crippen LogP contribution in [0.2, 0.25) is 0 Å². The van der Waals surface area contributed by atoms with Crippen LogP contribution < -0.4 is 0 Å². The van der Waals surface area contributed by atoms with Gasteiger partial charge in [-0.25, -0.2) is 0 Å². The SMILES string of the molecule is C=CCCCC.OCC(O)CO.OCCCCO.OCCCO. The van der Waals surface area contributed by atoms with Crippen molar-refractivity contribution in [1.29, 1.82) is 0 Å². The highest BCUT2D eigenvalue weighted by molar-refractivity contribution is 4.64. The zero-order valence-electron chi connectivity index (χ0n) is 14.5. The lowest BCUT2D eigenvalue weighted by Crippen LogP contribution is -2.15. The number of hydrogen-bond donors (Lipinski definition) is 7. The summed E-state index contributed by atoms with van der Waals surface area (Å²) in [5.41, 5.74) is 0.